The smallest absolute Gasteiger partial charge is 0.308 e. The molecule has 0 aromatic carbocycles. The van der Waals surface area contributed by atoms with Crippen molar-refractivity contribution >= 4 is 11.8 Å². The summed E-state index contributed by atoms with van der Waals surface area (Å²) < 4.78 is 10.3. The molecule has 1 saturated heterocycles. The first kappa shape index (κ1) is 16.6. The molecular weight excluding hydrogens is 286 g/mol. The van der Waals surface area contributed by atoms with Gasteiger partial charge in [-0.25, -0.2) is 9.97 Å². The molecule has 2 heterocycles. The number of aliphatic carboxylic acids is 1. The number of nitrogens with zero attached hydrogens (tertiary/aromatic N) is 2. The monoisotopic (exact) mass is 309 g/mol. The molecule has 1 fully saturated rings. The zero-order valence-electron chi connectivity index (χ0n) is 13.0. The normalized spacial score (nSPS) is 17.2. The number of carbonyl (C=O) groups is 1. The summed E-state index contributed by atoms with van der Waals surface area (Å²) in [5, 5.41) is 12.6. The fourth-order valence-corrected chi connectivity index (χ4v) is 2.70. The van der Waals surface area contributed by atoms with Crippen LogP contribution >= 0.6 is 0 Å². The largest absolute Gasteiger partial charge is 0.481 e. The van der Waals surface area contributed by atoms with Crippen molar-refractivity contribution < 1.29 is 19.4 Å². The van der Waals surface area contributed by atoms with Gasteiger partial charge >= 0.3 is 5.97 Å². The van der Waals surface area contributed by atoms with Crippen molar-refractivity contribution in [3.05, 3.63) is 17.6 Å². The Morgan fingerprint density at radius 1 is 1.50 bits per heavy atom. The van der Waals surface area contributed by atoms with Crippen molar-refractivity contribution in [1.82, 2.24) is 9.97 Å². The molecule has 0 aliphatic carbocycles. The number of aryl methyl sites for hydroxylation is 1. The van der Waals surface area contributed by atoms with Crippen LogP contribution in [0.15, 0.2) is 6.07 Å². The maximum Gasteiger partial charge on any atom is 0.308 e. The highest BCUT2D eigenvalue weighted by Gasteiger charge is 2.29. The fraction of sp³-hybridized carbons (Fsp3) is 0.667. The Kier molecular flexibility index (Phi) is 6.09. The van der Waals surface area contributed by atoms with Gasteiger partial charge in [0.05, 0.1) is 5.92 Å². The van der Waals surface area contributed by atoms with Crippen LogP contribution in [-0.4, -0.2) is 47.9 Å². The lowest BCUT2D eigenvalue weighted by Gasteiger charge is -2.27. The summed E-state index contributed by atoms with van der Waals surface area (Å²) in [6, 6.07) is 1.81. The van der Waals surface area contributed by atoms with E-state index in [1.54, 1.807) is 7.11 Å². The van der Waals surface area contributed by atoms with E-state index < -0.39 is 11.9 Å². The molecule has 1 aromatic heterocycles. The van der Waals surface area contributed by atoms with Gasteiger partial charge in [0.15, 0.2) is 5.82 Å². The average molecular weight is 309 g/mol. The van der Waals surface area contributed by atoms with Gasteiger partial charge in [-0.15, -0.1) is 0 Å². The second kappa shape index (κ2) is 8.05. The highest BCUT2D eigenvalue weighted by Crippen LogP contribution is 2.24. The summed E-state index contributed by atoms with van der Waals surface area (Å²) in [6.07, 6.45) is 1.58. The van der Waals surface area contributed by atoms with E-state index in [-0.39, 0.29) is 5.92 Å². The number of anilines is 1. The first-order valence-corrected chi connectivity index (χ1v) is 7.48. The summed E-state index contributed by atoms with van der Waals surface area (Å²) >= 11 is 0. The van der Waals surface area contributed by atoms with Gasteiger partial charge in [0.25, 0.3) is 0 Å². The van der Waals surface area contributed by atoms with E-state index in [9.17, 15) is 9.90 Å². The number of methoxy groups -OCH3 is 1. The maximum atomic E-state index is 11.5. The van der Waals surface area contributed by atoms with Crippen LogP contribution in [0.5, 0.6) is 0 Å². The Morgan fingerprint density at radius 2 is 2.23 bits per heavy atom. The standard InChI is InChI=1S/C15H23N3O4/c1-10-7-13(18-14(17-10)9-21-2)16-8-12(15(19)20)11-3-5-22-6-4-11/h7,11-12H,3-6,8-9H2,1-2H3,(H,19,20)(H,16,17,18). The van der Waals surface area contributed by atoms with E-state index >= 15 is 0 Å². The Morgan fingerprint density at radius 3 is 2.86 bits per heavy atom. The molecule has 7 nitrogen and oxygen atoms in total. The SMILES string of the molecule is COCc1nc(C)cc(NCC(C(=O)O)C2CCOCC2)n1. The summed E-state index contributed by atoms with van der Waals surface area (Å²) in [6.45, 7) is 3.83. The molecule has 0 bridgehead atoms. The van der Waals surface area contributed by atoms with Crippen molar-refractivity contribution in [3.8, 4) is 0 Å². The molecule has 1 aliphatic rings. The van der Waals surface area contributed by atoms with Gasteiger partial charge in [-0.1, -0.05) is 0 Å². The summed E-state index contributed by atoms with van der Waals surface area (Å²) in [7, 11) is 1.59. The van der Waals surface area contributed by atoms with Crippen molar-refractivity contribution in [2.45, 2.75) is 26.4 Å². The van der Waals surface area contributed by atoms with Crippen LogP contribution in [-0.2, 0) is 20.9 Å². The molecular formula is C15H23N3O4. The second-order valence-corrected chi connectivity index (χ2v) is 5.52. The zero-order chi connectivity index (χ0) is 15.9. The van der Waals surface area contributed by atoms with Crippen LogP contribution in [0, 0.1) is 18.8 Å². The van der Waals surface area contributed by atoms with Gasteiger partial charge in [-0.2, -0.15) is 0 Å². The Balaban J connectivity index is 2.01. The van der Waals surface area contributed by atoms with E-state index in [1.807, 2.05) is 13.0 Å². The topological polar surface area (TPSA) is 93.6 Å². The van der Waals surface area contributed by atoms with Gasteiger partial charge in [-0.3, -0.25) is 4.79 Å². The van der Waals surface area contributed by atoms with Crippen LogP contribution in [0.2, 0.25) is 0 Å². The van der Waals surface area contributed by atoms with E-state index in [1.165, 1.54) is 0 Å². The third kappa shape index (κ3) is 4.64. The minimum Gasteiger partial charge on any atom is -0.481 e. The summed E-state index contributed by atoms with van der Waals surface area (Å²) in [5.74, 6) is 0.147. The van der Waals surface area contributed by atoms with E-state index in [0.29, 0.717) is 38.0 Å². The van der Waals surface area contributed by atoms with Crippen molar-refractivity contribution in [1.29, 1.82) is 0 Å². The van der Waals surface area contributed by atoms with E-state index in [2.05, 4.69) is 15.3 Å². The Labute approximate surface area is 130 Å². The van der Waals surface area contributed by atoms with Crippen LogP contribution in [0.25, 0.3) is 0 Å². The molecule has 0 saturated carbocycles. The molecule has 0 spiro atoms. The van der Waals surface area contributed by atoms with Crippen molar-refractivity contribution in [3.63, 3.8) is 0 Å². The molecule has 0 amide bonds. The maximum absolute atomic E-state index is 11.5. The predicted octanol–water partition coefficient (Wildman–Crippen LogP) is 1.47. The number of aromatic nitrogens is 2. The molecule has 0 radical (unpaired) electrons. The number of hydrogen-bond acceptors (Lipinski definition) is 6. The zero-order valence-corrected chi connectivity index (χ0v) is 13.0. The van der Waals surface area contributed by atoms with E-state index in [4.69, 9.17) is 9.47 Å². The molecule has 2 rings (SSSR count). The van der Waals surface area contributed by atoms with E-state index in [0.717, 1.165) is 18.5 Å². The van der Waals surface area contributed by atoms with Gasteiger partial charge < -0.3 is 19.9 Å². The molecule has 1 aromatic rings. The lowest BCUT2D eigenvalue weighted by atomic mass is 9.86. The Bertz CT molecular complexity index is 504. The van der Waals surface area contributed by atoms with Gasteiger partial charge in [0, 0.05) is 38.6 Å². The fourth-order valence-electron chi connectivity index (χ4n) is 2.70. The third-order valence-corrected chi connectivity index (χ3v) is 3.83. The summed E-state index contributed by atoms with van der Waals surface area (Å²) in [5.41, 5.74) is 0.822. The van der Waals surface area contributed by atoms with Crippen LogP contribution in [0.4, 0.5) is 5.82 Å². The molecule has 22 heavy (non-hydrogen) atoms. The summed E-state index contributed by atoms with van der Waals surface area (Å²) in [4.78, 5) is 20.1. The third-order valence-electron chi connectivity index (χ3n) is 3.83. The number of carboxylic acids is 1. The number of ether oxygens (including phenoxy) is 2. The molecule has 1 unspecified atom stereocenters. The van der Waals surface area contributed by atoms with Gasteiger partial charge in [0.1, 0.15) is 12.4 Å². The van der Waals surface area contributed by atoms with Gasteiger partial charge in [0.2, 0.25) is 0 Å². The first-order chi connectivity index (χ1) is 10.6. The highest BCUT2D eigenvalue weighted by atomic mass is 16.5. The number of rotatable bonds is 7. The molecule has 1 atom stereocenters. The van der Waals surface area contributed by atoms with Crippen molar-refractivity contribution in [2.75, 3.05) is 32.2 Å². The Hall–Kier alpha value is -1.73. The molecule has 7 heteroatoms. The lowest BCUT2D eigenvalue weighted by molar-refractivity contribution is -0.144. The lowest BCUT2D eigenvalue weighted by Crippen LogP contribution is -2.34. The van der Waals surface area contributed by atoms with Crippen molar-refractivity contribution in [2.24, 2.45) is 11.8 Å². The average Bonchev–Trinajstić information content (AvgIpc) is 2.48. The number of hydrogen-bond donors (Lipinski definition) is 2. The predicted molar refractivity (Wildman–Crippen MR) is 80.6 cm³/mol. The number of nitrogens with one attached hydrogen (secondary N) is 1. The quantitative estimate of drug-likeness (QED) is 0.787. The number of carboxylic acid groups (broad SMARTS) is 1. The minimum atomic E-state index is -0.776. The van der Waals surface area contributed by atoms with Crippen LogP contribution in [0.3, 0.4) is 0 Å². The second-order valence-electron chi connectivity index (χ2n) is 5.52. The van der Waals surface area contributed by atoms with Gasteiger partial charge in [-0.05, 0) is 25.7 Å². The van der Waals surface area contributed by atoms with Crippen LogP contribution in [0.1, 0.15) is 24.4 Å². The highest BCUT2D eigenvalue weighted by molar-refractivity contribution is 5.71. The first-order valence-electron chi connectivity index (χ1n) is 7.48. The minimum absolute atomic E-state index is 0.139. The molecule has 122 valence electrons. The molecule has 1 aliphatic heterocycles. The molecule has 2 N–H and O–H groups in total. The van der Waals surface area contributed by atoms with Crippen LogP contribution < -0.4 is 5.32 Å².